The highest BCUT2D eigenvalue weighted by atomic mass is 16.2. The van der Waals surface area contributed by atoms with E-state index in [9.17, 15) is 24.0 Å². The average Bonchev–Trinajstić information content (AvgIpc) is 3.41. The molecule has 0 atom stereocenters. The Kier molecular flexibility index (Phi) is 53.6. The smallest absolute Gasteiger partial charge is 0.242 e. The molecule has 0 aromatic heterocycles. The Morgan fingerprint density at radius 2 is 0.461 bits per heavy atom. The molecule has 0 aliphatic carbocycles. The lowest BCUT2D eigenvalue weighted by Crippen LogP contribution is -2.50. The Bertz CT molecular complexity index is 1340. The molecule has 76 heavy (non-hydrogen) atoms. The van der Waals surface area contributed by atoms with Gasteiger partial charge in [-0.2, -0.15) is 0 Å². The molecule has 0 saturated heterocycles. The summed E-state index contributed by atoms with van der Waals surface area (Å²) in [6, 6.07) is 0. The number of rotatable bonds is 59. The molecule has 0 spiro atoms. The van der Waals surface area contributed by atoms with Gasteiger partial charge in [0.05, 0.1) is 26.2 Å². The molecule has 448 valence electrons. The summed E-state index contributed by atoms with van der Waals surface area (Å²) in [5.41, 5.74) is 5.73. The van der Waals surface area contributed by atoms with Gasteiger partial charge in [-0.25, -0.2) is 0 Å². The second-order valence-electron chi connectivity index (χ2n) is 22.9. The fraction of sp³-hybridized carbons (Fsp3) is 0.923. The number of carbonyl (C=O) groups excluding carboxylic acids is 5. The quantitative estimate of drug-likeness (QED) is 0.0604. The molecule has 0 unspecified atom stereocenters. The van der Waals surface area contributed by atoms with E-state index in [-0.39, 0.29) is 49.8 Å². The lowest BCUT2D eigenvalue weighted by Gasteiger charge is -2.31. The highest BCUT2D eigenvalue weighted by molar-refractivity contribution is 5.91. The van der Waals surface area contributed by atoms with E-state index in [1.54, 1.807) is 19.6 Å². The molecule has 5 amide bonds. The van der Waals surface area contributed by atoms with Gasteiger partial charge in [0.1, 0.15) is 0 Å². The van der Waals surface area contributed by atoms with Crippen molar-refractivity contribution in [2.24, 2.45) is 5.73 Å². The van der Waals surface area contributed by atoms with Crippen molar-refractivity contribution < 1.29 is 24.0 Å². The van der Waals surface area contributed by atoms with Crippen LogP contribution in [0.4, 0.5) is 0 Å². The van der Waals surface area contributed by atoms with Crippen LogP contribution in [-0.2, 0) is 24.0 Å². The summed E-state index contributed by atoms with van der Waals surface area (Å²) in [6.07, 6.45) is 49.1. The van der Waals surface area contributed by atoms with E-state index in [2.05, 4.69) is 46.4 Å². The number of nitrogens with two attached hydrogens (primary N) is 1. The minimum absolute atomic E-state index is 0.0270. The van der Waals surface area contributed by atoms with Crippen LogP contribution in [0.3, 0.4) is 0 Å². The Hall–Kier alpha value is -2.69. The van der Waals surface area contributed by atoms with Crippen molar-refractivity contribution in [2.75, 3.05) is 72.0 Å². The van der Waals surface area contributed by atoms with Crippen molar-refractivity contribution in [1.29, 1.82) is 0 Å². The fourth-order valence-corrected chi connectivity index (χ4v) is 10.6. The minimum Gasteiger partial charge on any atom is -0.368 e. The highest BCUT2D eigenvalue weighted by Crippen LogP contribution is 2.17. The van der Waals surface area contributed by atoms with Crippen LogP contribution in [0.5, 0.6) is 0 Å². The van der Waals surface area contributed by atoms with Gasteiger partial charge in [0.2, 0.25) is 29.5 Å². The predicted octanol–water partition coefficient (Wildman–Crippen LogP) is 16.0. The molecule has 0 aromatic rings. The molecular formula is C65H128N6O5. The van der Waals surface area contributed by atoms with E-state index in [1.807, 2.05) is 0 Å². The summed E-state index contributed by atoms with van der Waals surface area (Å²) in [4.78, 5) is 79.1. The van der Waals surface area contributed by atoms with Crippen molar-refractivity contribution in [3.8, 4) is 0 Å². The van der Waals surface area contributed by atoms with E-state index in [0.29, 0.717) is 32.6 Å². The predicted molar refractivity (Wildman–Crippen MR) is 325 cm³/mol. The first-order valence-electron chi connectivity index (χ1n) is 33.2. The first-order valence-corrected chi connectivity index (χ1v) is 33.2. The van der Waals surface area contributed by atoms with Gasteiger partial charge < -0.3 is 30.2 Å². The van der Waals surface area contributed by atoms with E-state index in [1.165, 1.54) is 173 Å². The van der Waals surface area contributed by atoms with E-state index >= 15 is 0 Å². The Morgan fingerprint density at radius 1 is 0.250 bits per heavy atom. The molecule has 0 heterocycles. The van der Waals surface area contributed by atoms with E-state index in [0.717, 1.165) is 116 Å². The van der Waals surface area contributed by atoms with Gasteiger partial charge in [-0.3, -0.25) is 24.0 Å². The van der Waals surface area contributed by atoms with Gasteiger partial charge in [0.25, 0.3) is 0 Å². The Labute approximate surface area is 471 Å². The zero-order chi connectivity index (χ0) is 56.0. The summed E-state index contributed by atoms with van der Waals surface area (Å²) in [7, 11) is 0. The van der Waals surface area contributed by atoms with Crippen molar-refractivity contribution >= 4 is 29.5 Å². The SMILES string of the molecule is CCCCCCCCCCCCN(CC(N)=O)C(=O)CN(CCCCCCCCCCCC)C(=O)CN(CCCCCCCCCCCC)C(=O)CN(CCCCCCCCCCCC)C(=O)CCCCN(CC)CC. The minimum atomic E-state index is -0.554. The third-order valence-electron chi connectivity index (χ3n) is 15.9. The third-order valence-corrected chi connectivity index (χ3v) is 15.9. The molecule has 0 rings (SSSR count). The number of amides is 5. The summed E-state index contributed by atoms with van der Waals surface area (Å²) in [5, 5.41) is 0. The molecule has 11 heteroatoms. The van der Waals surface area contributed by atoms with Crippen LogP contribution in [0.2, 0.25) is 0 Å². The number of hydrogen-bond donors (Lipinski definition) is 1. The van der Waals surface area contributed by atoms with Crippen LogP contribution < -0.4 is 5.73 Å². The van der Waals surface area contributed by atoms with Gasteiger partial charge in [-0.1, -0.05) is 273 Å². The molecule has 0 fully saturated rings. The first kappa shape index (κ1) is 73.3. The van der Waals surface area contributed by atoms with Crippen LogP contribution in [0.1, 0.15) is 318 Å². The molecule has 0 saturated carbocycles. The summed E-state index contributed by atoms with van der Waals surface area (Å²) >= 11 is 0. The van der Waals surface area contributed by atoms with E-state index in [4.69, 9.17) is 5.73 Å². The molecule has 11 nitrogen and oxygen atoms in total. The summed E-state index contributed by atoms with van der Waals surface area (Å²) in [5.74, 6) is -1.22. The van der Waals surface area contributed by atoms with Crippen molar-refractivity contribution in [3.63, 3.8) is 0 Å². The number of carbonyl (C=O) groups is 5. The number of nitrogens with zero attached hydrogens (tertiary/aromatic N) is 5. The van der Waals surface area contributed by atoms with Crippen LogP contribution >= 0.6 is 0 Å². The number of hydrogen-bond acceptors (Lipinski definition) is 6. The molecule has 0 radical (unpaired) electrons. The normalized spacial score (nSPS) is 11.4. The first-order chi connectivity index (χ1) is 37.1. The Balaban J connectivity index is 6.33. The number of unbranched alkanes of at least 4 members (excludes halogenated alkanes) is 37. The molecule has 2 N–H and O–H groups in total. The lowest BCUT2D eigenvalue weighted by molar-refractivity contribution is -0.146. The van der Waals surface area contributed by atoms with E-state index < -0.39 is 5.91 Å². The zero-order valence-corrected chi connectivity index (χ0v) is 51.5. The fourth-order valence-electron chi connectivity index (χ4n) is 10.6. The lowest BCUT2D eigenvalue weighted by atomic mass is 10.1. The van der Waals surface area contributed by atoms with Crippen molar-refractivity contribution in [1.82, 2.24) is 24.5 Å². The van der Waals surface area contributed by atoms with Crippen LogP contribution in [0.25, 0.3) is 0 Å². The second-order valence-corrected chi connectivity index (χ2v) is 22.9. The summed E-state index contributed by atoms with van der Waals surface area (Å²) < 4.78 is 0. The van der Waals surface area contributed by atoms with Crippen molar-refractivity contribution in [3.05, 3.63) is 0 Å². The monoisotopic (exact) mass is 1070 g/mol. The van der Waals surface area contributed by atoms with Crippen LogP contribution in [0.15, 0.2) is 0 Å². The zero-order valence-electron chi connectivity index (χ0n) is 51.5. The maximum atomic E-state index is 14.7. The van der Waals surface area contributed by atoms with Gasteiger partial charge in [0.15, 0.2) is 0 Å². The largest absolute Gasteiger partial charge is 0.368 e. The number of primary amides is 1. The van der Waals surface area contributed by atoms with Gasteiger partial charge in [-0.15, -0.1) is 0 Å². The van der Waals surface area contributed by atoms with Crippen LogP contribution in [-0.4, -0.2) is 126 Å². The highest BCUT2D eigenvalue weighted by Gasteiger charge is 2.27. The second kappa shape index (κ2) is 55.6. The molecular weight excluding hydrogens is 945 g/mol. The molecule has 0 aliphatic heterocycles. The van der Waals surface area contributed by atoms with Crippen molar-refractivity contribution in [2.45, 2.75) is 318 Å². The topological polar surface area (TPSA) is 128 Å². The molecule has 0 aromatic carbocycles. The standard InChI is InChI=1S/C65H128N6O5/c1-7-13-17-21-25-29-33-37-41-46-53-68(57-61(66)72)63(74)59-70(55-48-43-39-35-31-27-23-19-15-9-3)65(76)60-71(56-49-44-40-36-32-28-24-20-16-10-4)64(75)58-69(62(73)51-45-50-52-67(11-5)12-6)54-47-42-38-34-30-26-22-18-14-8-2/h7-60H2,1-6H3,(H2,66,72). The van der Waals surface area contributed by atoms with Gasteiger partial charge in [0, 0.05) is 32.6 Å². The third kappa shape index (κ3) is 45.2. The molecule has 0 aliphatic rings. The van der Waals surface area contributed by atoms with Crippen LogP contribution in [0, 0.1) is 0 Å². The Morgan fingerprint density at radius 3 is 0.697 bits per heavy atom. The van der Waals surface area contributed by atoms with Gasteiger partial charge in [-0.05, 0) is 58.2 Å². The summed E-state index contributed by atoms with van der Waals surface area (Å²) in [6.45, 7) is 17.7. The average molecular weight is 1070 g/mol. The molecule has 0 bridgehead atoms. The maximum Gasteiger partial charge on any atom is 0.242 e. The maximum absolute atomic E-state index is 14.7. The van der Waals surface area contributed by atoms with Gasteiger partial charge >= 0.3 is 0 Å².